The summed E-state index contributed by atoms with van der Waals surface area (Å²) in [6, 6.07) is 9.52. The van der Waals surface area contributed by atoms with Crippen molar-refractivity contribution < 1.29 is 4.79 Å². The summed E-state index contributed by atoms with van der Waals surface area (Å²) in [5, 5.41) is 0. The average Bonchev–Trinajstić information content (AvgIpc) is 2.39. The van der Waals surface area contributed by atoms with E-state index < -0.39 is 5.91 Å². The summed E-state index contributed by atoms with van der Waals surface area (Å²) < 4.78 is 0. The van der Waals surface area contributed by atoms with Crippen molar-refractivity contribution in [2.45, 2.75) is 0 Å². The zero-order chi connectivity index (χ0) is 11.4. The molecule has 0 saturated heterocycles. The van der Waals surface area contributed by atoms with Crippen LogP contribution in [0.2, 0.25) is 0 Å². The van der Waals surface area contributed by atoms with E-state index in [4.69, 9.17) is 5.84 Å². The lowest BCUT2D eigenvalue weighted by atomic mass is 10.2. The fraction of sp³-hybridized carbons (Fsp3) is 0. The number of benzene rings is 1. The first-order valence-corrected chi connectivity index (χ1v) is 4.69. The van der Waals surface area contributed by atoms with Gasteiger partial charge in [0.15, 0.2) is 5.82 Å². The van der Waals surface area contributed by atoms with Crippen LogP contribution in [0, 0.1) is 0 Å². The van der Waals surface area contributed by atoms with Crippen LogP contribution < -0.4 is 11.3 Å². The van der Waals surface area contributed by atoms with Crippen LogP contribution in [-0.2, 0) is 0 Å². The molecule has 0 fully saturated rings. The van der Waals surface area contributed by atoms with Gasteiger partial charge in [0, 0.05) is 18.0 Å². The van der Waals surface area contributed by atoms with Gasteiger partial charge in [-0.1, -0.05) is 30.3 Å². The maximum absolute atomic E-state index is 11.1. The van der Waals surface area contributed by atoms with Crippen molar-refractivity contribution in [3.05, 3.63) is 48.3 Å². The van der Waals surface area contributed by atoms with Gasteiger partial charge in [0.2, 0.25) is 0 Å². The molecule has 0 aliphatic carbocycles. The zero-order valence-electron chi connectivity index (χ0n) is 8.42. The molecule has 5 heteroatoms. The number of nitrogens with zero attached hydrogens (tertiary/aromatic N) is 2. The molecule has 0 unspecified atom stereocenters. The Hall–Kier alpha value is -2.27. The molecule has 1 aromatic heterocycles. The van der Waals surface area contributed by atoms with E-state index in [0.29, 0.717) is 11.4 Å². The van der Waals surface area contributed by atoms with E-state index in [1.54, 1.807) is 0 Å². The molecule has 0 atom stereocenters. The highest BCUT2D eigenvalue weighted by Gasteiger charge is 2.05. The van der Waals surface area contributed by atoms with Gasteiger partial charge >= 0.3 is 0 Å². The Morgan fingerprint density at radius 2 is 1.75 bits per heavy atom. The van der Waals surface area contributed by atoms with E-state index in [1.165, 1.54) is 12.4 Å². The minimum absolute atomic E-state index is 0.335. The van der Waals surface area contributed by atoms with Gasteiger partial charge in [-0.05, 0) is 0 Å². The van der Waals surface area contributed by atoms with E-state index >= 15 is 0 Å². The van der Waals surface area contributed by atoms with Crippen molar-refractivity contribution >= 4 is 5.91 Å². The van der Waals surface area contributed by atoms with Crippen LogP contribution in [0.3, 0.4) is 0 Å². The first-order valence-electron chi connectivity index (χ1n) is 4.69. The molecule has 16 heavy (non-hydrogen) atoms. The Bertz CT molecular complexity index is 481. The minimum Gasteiger partial charge on any atom is -0.290 e. The van der Waals surface area contributed by atoms with Gasteiger partial charge in [-0.2, -0.15) is 0 Å². The zero-order valence-corrected chi connectivity index (χ0v) is 8.42. The second-order valence-electron chi connectivity index (χ2n) is 3.13. The van der Waals surface area contributed by atoms with E-state index in [9.17, 15) is 4.79 Å². The normalized spacial score (nSPS) is 9.81. The number of nitrogens with one attached hydrogen (secondary N) is 1. The molecule has 0 aliphatic rings. The number of hydrogen-bond donors (Lipinski definition) is 2. The summed E-state index contributed by atoms with van der Waals surface area (Å²) in [5.41, 5.74) is 3.26. The van der Waals surface area contributed by atoms with Gasteiger partial charge in [-0.25, -0.2) is 15.8 Å². The third-order valence-electron chi connectivity index (χ3n) is 2.08. The molecule has 1 amide bonds. The summed E-state index contributed by atoms with van der Waals surface area (Å²) >= 11 is 0. The predicted octanol–water partition coefficient (Wildman–Crippen LogP) is 0.747. The minimum atomic E-state index is -0.403. The molecular weight excluding hydrogens is 204 g/mol. The van der Waals surface area contributed by atoms with E-state index in [-0.39, 0.29) is 0 Å². The second kappa shape index (κ2) is 4.50. The largest absolute Gasteiger partial charge is 0.290 e. The smallest absolute Gasteiger partial charge is 0.268 e. The Kier molecular flexibility index (Phi) is 2.88. The highest BCUT2D eigenvalue weighted by Crippen LogP contribution is 2.12. The lowest BCUT2D eigenvalue weighted by Gasteiger charge is -2.01. The van der Waals surface area contributed by atoms with Gasteiger partial charge in [0.25, 0.3) is 5.91 Å². The van der Waals surface area contributed by atoms with Crippen LogP contribution >= 0.6 is 0 Å². The number of carbonyl (C=O) groups excluding carboxylic acids is 1. The predicted molar refractivity (Wildman–Crippen MR) is 59.1 cm³/mol. The fourth-order valence-corrected chi connectivity index (χ4v) is 1.26. The molecule has 0 saturated carbocycles. The average molecular weight is 214 g/mol. The fourth-order valence-electron chi connectivity index (χ4n) is 1.26. The van der Waals surface area contributed by atoms with Crippen molar-refractivity contribution in [2.24, 2.45) is 5.84 Å². The van der Waals surface area contributed by atoms with Crippen LogP contribution in [0.1, 0.15) is 10.4 Å². The maximum Gasteiger partial charge on any atom is 0.268 e. The highest BCUT2D eigenvalue weighted by molar-refractivity contribution is 5.93. The van der Waals surface area contributed by atoms with Crippen molar-refractivity contribution in [2.75, 3.05) is 0 Å². The molecule has 0 bridgehead atoms. The number of nitrogens with two attached hydrogens (primary N) is 1. The molecule has 80 valence electrons. The molecule has 1 aromatic carbocycles. The van der Waals surface area contributed by atoms with Gasteiger partial charge in [0.05, 0.1) is 5.56 Å². The molecule has 1 heterocycles. The Morgan fingerprint density at radius 3 is 2.31 bits per heavy atom. The topological polar surface area (TPSA) is 80.9 Å². The molecule has 0 aliphatic heterocycles. The molecular formula is C11H10N4O. The van der Waals surface area contributed by atoms with Gasteiger partial charge in [0.1, 0.15) is 0 Å². The first-order chi connectivity index (χ1) is 7.81. The quantitative estimate of drug-likeness (QED) is 0.439. The van der Waals surface area contributed by atoms with Crippen molar-refractivity contribution in [1.29, 1.82) is 0 Å². The van der Waals surface area contributed by atoms with Gasteiger partial charge in [-0.15, -0.1) is 0 Å². The highest BCUT2D eigenvalue weighted by atomic mass is 16.2. The van der Waals surface area contributed by atoms with Crippen LogP contribution in [0.5, 0.6) is 0 Å². The molecule has 2 rings (SSSR count). The molecule has 0 spiro atoms. The number of hydrazine groups is 1. The third kappa shape index (κ3) is 2.04. The molecule has 3 N–H and O–H groups in total. The Morgan fingerprint density at radius 1 is 1.12 bits per heavy atom. The van der Waals surface area contributed by atoms with Crippen LogP contribution in [0.25, 0.3) is 11.4 Å². The number of hydrogen-bond acceptors (Lipinski definition) is 4. The van der Waals surface area contributed by atoms with Crippen molar-refractivity contribution in [3.63, 3.8) is 0 Å². The summed E-state index contributed by atoms with van der Waals surface area (Å²) in [7, 11) is 0. The third-order valence-corrected chi connectivity index (χ3v) is 2.08. The molecule has 0 radical (unpaired) electrons. The summed E-state index contributed by atoms with van der Waals surface area (Å²) in [5.74, 6) is 5.17. The number of aromatic nitrogens is 2. The van der Waals surface area contributed by atoms with Gasteiger partial charge < -0.3 is 0 Å². The Balaban J connectivity index is 2.30. The lowest BCUT2D eigenvalue weighted by molar-refractivity contribution is 0.0953. The van der Waals surface area contributed by atoms with Crippen LogP contribution in [0.15, 0.2) is 42.7 Å². The van der Waals surface area contributed by atoms with Crippen molar-refractivity contribution in [3.8, 4) is 11.4 Å². The van der Waals surface area contributed by atoms with Crippen LogP contribution in [0.4, 0.5) is 0 Å². The summed E-state index contributed by atoms with van der Waals surface area (Å²) in [6.45, 7) is 0. The maximum atomic E-state index is 11.1. The van der Waals surface area contributed by atoms with E-state index in [1.807, 2.05) is 35.8 Å². The first kappa shape index (κ1) is 10.3. The summed E-state index contributed by atoms with van der Waals surface area (Å²) in [4.78, 5) is 19.3. The Labute approximate surface area is 92.3 Å². The number of rotatable bonds is 2. The monoisotopic (exact) mass is 214 g/mol. The lowest BCUT2D eigenvalue weighted by Crippen LogP contribution is -2.30. The van der Waals surface area contributed by atoms with Gasteiger partial charge in [-0.3, -0.25) is 10.2 Å². The SMILES string of the molecule is NNC(=O)c1cnc(-c2ccccc2)nc1. The number of nitrogen functional groups attached to an aromatic ring is 1. The molecule has 5 nitrogen and oxygen atoms in total. The molecule has 2 aromatic rings. The number of carbonyl (C=O) groups is 1. The standard InChI is InChI=1S/C11H10N4O/c12-15-11(16)9-6-13-10(14-7-9)8-4-2-1-3-5-8/h1-7H,12H2,(H,15,16). The number of amides is 1. The van der Waals surface area contributed by atoms with Crippen molar-refractivity contribution in [1.82, 2.24) is 15.4 Å². The van der Waals surface area contributed by atoms with Crippen LogP contribution in [-0.4, -0.2) is 15.9 Å². The summed E-state index contributed by atoms with van der Waals surface area (Å²) in [6.07, 6.45) is 2.88. The second-order valence-corrected chi connectivity index (χ2v) is 3.13. The van der Waals surface area contributed by atoms with E-state index in [2.05, 4.69) is 9.97 Å². The van der Waals surface area contributed by atoms with E-state index in [0.717, 1.165) is 5.56 Å².